The minimum absolute atomic E-state index is 0.000240. The van der Waals surface area contributed by atoms with Crippen LogP contribution in [0.4, 0.5) is 0 Å². The lowest BCUT2D eigenvalue weighted by Crippen LogP contribution is -2.46. The maximum atomic E-state index is 12.4. The van der Waals surface area contributed by atoms with E-state index in [0.29, 0.717) is 5.69 Å². The van der Waals surface area contributed by atoms with Crippen LogP contribution in [0.2, 0.25) is 0 Å². The van der Waals surface area contributed by atoms with Crippen LogP contribution >= 0.6 is 11.8 Å². The first kappa shape index (κ1) is 18.3. The molecule has 1 aliphatic rings. The molecule has 1 aromatic rings. The molecule has 0 spiro atoms. The maximum absolute atomic E-state index is 12.4. The number of aliphatic hydroxyl groups is 1. The van der Waals surface area contributed by atoms with Gasteiger partial charge in [0.1, 0.15) is 11.3 Å². The summed E-state index contributed by atoms with van der Waals surface area (Å²) in [6, 6.07) is 0.185. The van der Waals surface area contributed by atoms with E-state index >= 15 is 0 Å². The zero-order valence-corrected chi connectivity index (χ0v) is 15.3. The van der Waals surface area contributed by atoms with Crippen molar-refractivity contribution in [1.29, 1.82) is 0 Å². The standard InChI is InChI=1S/C16H28N4O2S/c1-5-13(23-4)15(21)17-11-8-6-7-9-12(11)20-10-14(18-19-20)16(2,3)22/h10-13,22H,5-9H2,1-4H3,(H,17,21)/t11-,12+,13?/m0/s1. The number of aromatic nitrogens is 3. The third-order valence-electron chi connectivity index (χ3n) is 4.48. The summed E-state index contributed by atoms with van der Waals surface area (Å²) in [4.78, 5) is 12.4. The summed E-state index contributed by atoms with van der Waals surface area (Å²) in [5.74, 6) is 0.111. The van der Waals surface area contributed by atoms with Gasteiger partial charge in [-0.25, -0.2) is 4.68 Å². The largest absolute Gasteiger partial charge is 0.384 e. The van der Waals surface area contributed by atoms with Crippen molar-refractivity contribution in [2.75, 3.05) is 6.26 Å². The van der Waals surface area contributed by atoms with Gasteiger partial charge in [-0.2, -0.15) is 11.8 Å². The number of hydrogen-bond acceptors (Lipinski definition) is 5. The van der Waals surface area contributed by atoms with Gasteiger partial charge in [0.15, 0.2) is 0 Å². The Bertz CT molecular complexity index is 522. The molecule has 1 unspecified atom stereocenters. The molecule has 130 valence electrons. The number of nitrogens with one attached hydrogen (secondary N) is 1. The van der Waals surface area contributed by atoms with Crippen LogP contribution in [-0.4, -0.2) is 43.6 Å². The molecule has 1 saturated carbocycles. The van der Waals surface area contributed by atoms with Crippen molar-refractivity contribution in [2.24, 2.45) is 0 Å². The first-order valence-corrected chi connectivity index (χ1v) is 9.63. The maximum Gasteiger partial charge on any atom is 0.233 e. The summed E-state index contributed by atoms with van der Waals surface area (Å²) in [6.45, 7) is 5.43. The Kier molecular flexibility index (Phi) is 6.08. The van der Waals surface area contributed by atoms with E-state index in [1.54, 1.807) is 31.8 Å². The van der Waals surface area contributed by atoms with Gasteiger partial charge >= 0.3 is 0 Å². The molecule has 6 nitrogen and oxygen atoms in total. The van der Waals surface area contributed by atoms with Crippen molar-refractivity contribution in [3.63, 3.8) is 0 Å². The number of hydrogen-bond donors (Lipinski definition) is 2. The minimum atomic E-state index is -1.00. The zero-order valence-electron chi connectivity index (χ0n) is 14.5. The topological polar surface area (TPSA) is 80.0 Å². The lowest BCUT2D eigenvalue weighted by atomic mass is 9.90. The molecule has 23 heavy (non-hydrogen) atoms. The van der Waals surface area contributed by atoms with Gasteiger partial charge in [-0.15, -0.1) is 5.10 Å². The Morgan fingerprint density at radius 1 is 1.52 bits per heavy atom. The number of rotatable bonds is 6. The highest BCUT2D eigenvalue weighted by Crippen LogP contribution is 2.29. The second-order valence-corrected chi connectivity index (χ2v) is 7.78. The summed E-state index contributed by atoms with van der Waals surface area (Å²) < 4.78 is 1.82. The van der Waals surface area contributed by atoms with Crippen molar-refractivity contribution in [2.45, 2.75) is 75.8 Å². The van der Waals surface area contributed by atoms with Crippen molar-refractivity contribution in [1.82, 2.24) is 20.3 Å². The molecule has 2 rings (SSSR count). The Labute approximate surface area is 142 Å². The minimum Gasteiger partial charge on any atom is -0.384 e. The van der Waals surface area contributed by atoms with Crippen LogP contribution in [0.15, 0.2) is 6.20 Å². The third kappa shape index (κ3) is 4.47. The molecule has 0 aromatic carbocycles. The van der Waals surface area contributed by atoms with Crippen LogP contribution in [-0.2, 0) is 10.4 Å². The monoisotopic (exact) mass is 340 g/mol. The second kappa shape index (κ2) is 7.66. The highest BCUT2D eigenvalue weighted by molar-refractivity contribution is 7.99. The summed E-state index contributed by atoms with van der Waals surface area (Å²) in [5.41, 5.74) is -0.443. The van der Waals surface area contributed by atoms with E-state index in [9.17, 15) is 9.90 Å². The lowest BCUT2D eigenvalue weighted by molar-refractivity contribution is -0.121. The van der Waals surface area contributed by atoms with Gasteiger partial charge < -0.3 is 10.4 Å². The summed E-state index contributed by atoms with van der Waals surface area (Å²) in [6.07, 6.45) is 8.77. The van der Waals surface area contributed by atoms with E-state index in [-0.39, 0.29) is 23.2 Å². The highest BCUT2D eigenvalue weighted by atomic mass is 32.2. The van der Waals surface area contributed by atoms with E-state index in [1.165, 1.54) is 0 Å². The van der Waals surface area contributed by atoms with E-state index in [4.69, 9.17) is 0 Å². The van der Waals surface area contributed by atoms with E-state index < -0.39 is 5.60 Å². The van der Waals surface area contributed by atoms with Crippen molar-refractivity contribution in [3.8, 4) is 0 Å². The van der Waals surface area contributed by atoms with E-state index in [0.717, 1.165) is 32.1 Å². The van der Waals surface area contributed by atoms with Crippen molar-refractivity contribution >= 4 is 17.7 Å². The lowest BCUT2D eigenvalue weighted by Gasteiger charge is -2.32. The van der Waals surface area contributed by atoms with Gasteiger partial charge in [0, 0.05) is 0 Å². The number of nitrogens with zero attached hydrogens (tertiary/aromatic N) is 3. The molecule has 1 heterocycles. The Hall–Kier alpha value is -1.08. The smallest absolute Gasteiger partial charge is 0.233 e. The molecule has 0 bridgehead atoms. The third-order valence-corrected chi connectivity index (χ3v) is 5.60. The molecule has 0 saturated heterocycles. The highest BCUT2D eigenvalue weighted by Gasteiger charge is 2.31. The molecule has 1 aliphatic carbocycles. The molecule has 1 fully saturated rings. The quantitative estimate of drug-likeness (QED) is 0.830. The fraction of sp³-hybridized carbons (Fsp3) is 0.812. The molecule has 1 amide bonds. The Morgan fingerprint density at radius 3 is 2.78 bits per heavy atom. The van der Waals surface area contributed by atoms with Gasteiger partial charge in [0.2, 0.25) is 5.91 Å². The van der Waals surface area contributed by atoms with Crippen molar-refractivity contribution in [3.05, 3.63) is 11.9 Å². The fourth-order valence-corrected chi connectivity index (χ4v) is 3.67. The fourth-order valence-electron chi connectivity index (χ4n) is 3.05. The second-order valence-electron chi connectivity index (χ2n) is 6.74. The van der Waals surface area contributed by atoms with E-state index in [2.05, 4.69) is 15.6 Å². The Morgan fingerprint density at radius 2 is 2.22 bits per heavy atom. The summed E-state index contributed by atoms with van der Waals surface area (Å²) in [7, 11) is 0. The number of amides is 1. The van der Waals surface area contributed by atoms with Crippen LogP contribution in [0.1, 0.15) is 64.6 Å². The van der Waals surface area contributed by atoms with Crippen LogP contribution in [0.3, 0.4) is 0 Å². The Balaban J connectivity index is 2.12. The van der Waals surface area contributed by atoms with Gasteiger partial charge in [-0.3, -0.25) is 4.79 Å². The average molecular weight is 340 g/mol. The zero-order chi connectivity index (χ0) is 17.0. The first-order chi connectivity index (χ1) is 10.9. The van der Waals surface area contributed by atoms with Crippen molar-refractivity contribution < 1.29 is 9.90 Å². The van der Waals surface area contributed by atoms with Crippen LogP contribution < -0.4 is 5.32 Å². The van der Waals surface area contributed by atoms with Crippen LogP contribution in [0.25, 0.3) is 0 Å². The van der Waals surface area contributed by atoms with Gasteiger partial charge in [-0.1, -0.05) is 25.0 Å². The predicted octanol–water partition coefficient (Wildman–Crippen LogP) is 2.25. The molecular weight excluding hydrogens is 312 g/mol. The summed E-state index contributed by atoms with van der Waals surface area (Å²) >= 11 is 1.59. The molecule has 2 N–H and O–H groups in total. The number of carbonyl (C=O) groups is 1. The van der Waals surface area contributed by atoms with Gasteiger partial charge in [-0.05, 0) is 39.4 Å². The van der Waals surface area contributed by atoms with E-state index in [1.807, 2.05) is 17.9 Å². The van der Waals surface area contributed by atoms with Gasteiger partial charge in [0.25, 0.3) is 0 Å². The molecular formula is C16H28N4O2S. The van der Waals surface area contributed by atoms with Crippen LogP contribution in [0.5, 0.6) is 0 Å². The summed E-state index contributed by atoms with van der Waals surface area (Å²) in [5, 5.41) is 21.6. The molecule has 7 heteroatoms. The molecule has 3 atom stereocenters. The number of thioether (sulfide) groups is 1. The molecule has 0 aliphatic heterocycles. The average Bonchev–Trinajstić information content (AvgIpc) is 2.99. The molecule has 0 radical (unpaired) electrons. The number of carbonyl (C=O) groups excluding carboxylic acids is 1. The normalized spacial score (nSPS) is 23.5. The first-order valence-electron chi connectivity index (χ1n) is 8.34. The van der Waals surface area contributed by atoms with Gasteiger partial charge in [0.05, 0.1) is 23.5 Å². The predicted molar refractivity (Wildman–Crippen MR) is 92.3 cm³/mol. The molecule has 1 aromatic heterocycles. The van der Waals surface area contributed by atoms with Crippen LogP contribution in [0, 0.1) is 0 Å². The SMILES string of the molecule is CCC(SC)C(=O)N[C@H]1CCCC[C@H]1n1cc(C(C)(C)O)nn1.